The molecule has 2 aliphatic rings. The SMILES string of the molecule is CCOc1c(Br)cc(/C=N/NC(=O)C2C3CCCCC32C)cc1OC. The molecule has 1 aromatic rings. The van der Waals surface area contributed by atoms with E-state index in [0.29, 0.717) is 24.0 Å². The molecule has 6 heteroatoms. The maximum absolute atomic E-state index is 12.4. The number of methoxy groups -OCH3 is 1. The van der Waals surface area contributed by atoms with Crippen molar-refractivity contribution in [3.05, 3.63) is 22.2 Å². The van der Waals surface area contributed by atoms with E-state index >= 15 is 0 Å². The zero-order valence-corrected chi connectivity index (χ0v) is 16.6. The molecule has 3 unspecified atom stereocenters. The third kappa shape index (κ3) is 3.54. The maximum atomic E-state index is 12.4. The molecule has 136 valence electrons. The van der Waals surface area contributed by atoms with Crippen molar-refractivity contribution in [3.63, 3.8) is 0 Å². The number of carbonyl (C=O) groups excluding carboxylic acids is 1. The van der Waals surface area contributed by atoms with Crippen molar-refractivity contribution in [1.82, 2.24) is 5.43 Å². The van der Waals surface area contributed by atoms with E-state index in [1.807, 2.05) is 19.1 Å². The first-order valence-electron chi connectivity index (χ1n) is 8.84. The molecule has 5 nitrogen and oxygen atoms in total. The Balaban J connectivity index is 1.64. The summed E-state index contributed by atoms with van der Waals surface area (Å²) < 4.78 is 11.7. The summed E-state index contributed by atoms with van der Waals surface area (Å²) in [5, 5.41) is 4.14. The minimum atomic E-state index is 0.0441. The van der Waals surface area contributed by atoms with Crippen molar-refractivity contribution in [2.75, 3.05) is 13.7 Å². The molecular weight excluding hydrogens is 384 g/mol. The van der Waals surface area contributed by atoms with Crippen LogP contribution in [0.25, 0.3) is 0 Å². The second-order valence-corrected chi connectivity index (χ2v) is 7.89. The Morgan fingerprint density at radius 1 is 1.48 bits per heavy atom. The molecule has 0 aromatic heterocycles. The lowest BCUT2D eigenvalue weighted by atomic mass is 9.90. The molecule has 3 atom stereocenters. The fraction of sp³-hybridized carbons (Fsp3) is 0.579. The lowest BCUT2D eigenvalue weighted by Gasteiger charge is -2.15. The third-order valence-electron chi connectivity index (χ3n) is 5.54. The van der Waals surface area contributed by atoms with Crippen LogP contribution in [0.3, 0.4) is 0 Å². The Hall–Kier alpha value is -1.56. The summed E-state index contributed by atoms with van der Waals surface area (Å²) in [5.41, 5.74) is 3.74. The molecule has 0 bridgehead atoms. The van der Waals surface area contributed by atoms with Gasteiger partial charge in [0.15, 0.2) is 11.5 Å². The van der Waals surface area contributed by atoms with Gasteiger partial charge in [-0.15, -0.1) is 0 Å². The summed E-state index contributed by atoms with van der Waals surface area (Å²) in [6, 6.07) is 3.73. The topological polar surface area (TPSA) is 59.9 Å². The summed E-state index contributed by atoms with van der Waals surface area (Å²) in [6.45, 7) is 4.71. The number of benzene rings is 1. The van der Waals surface area contributed by atoms with Crippen LogP contribution in [0.1, 0.15) is 45.1 Å². The maximum Gasteiger partial charge on any atom is 0.244 e. The van der Waals surface area contributed by atoms with Gasteiger partial charge in [-0.3, -0.25) is 4.79 Å². The van der Waals surface area contributed by atoms with Gasteiger partial charge >= 0.3 is 0 Å². The third-order valence-corrected chi connectivity index (χ3v) is 6.13. The summed E-state index contributed by atoms with van der Waals surface area (Å²) in [6.07, 6.45) is 6.44. The minimum Gasteiger partial charge on any atom is -0.493 e. The molecule has 0 heterocycles. The fourth-order valence-corrected chi connectivity index (χ4v) is 4.76. The molecular formula is C19H25BrN2O3. The molecule has 0 spiro atoms. The van der Waals surface area contributed by atoms with Gasteiger partial charge in [0.25, 0.3) is 0 Å². The number of ether oxygens (including phenoxy) is 2. The molecule has 0 aliphatic heterocycles. The molecule has 2 aliphatic carbocycles. The quantitative estimate of drug-likeness (QED) is 0.568. The Kier molecular flexibility index (Phi) is 5.37. The molecule has 1 amide bonds. The van der Waals surface area contributed by atoms with Crippen molar-refractivity contribution in [1.29, 1.82) is 0 Å². The Morgan fingerprint density at radius 3 is 2.92 bits per heavy atom. The summed E-state index contributed by atoms with van der Waals surface area (Å²) >= 11 is 3.49. The molecule has 1 N–H and O–H groups in total. The number of halogens is 1. The van der Waals surface area contributed by atoms with Crippen LogP contribution in [0.15, 0.2) is 21.7 Å². The predicted molar refractivity (Wildman–Crippen MR) is 101 cm³/mol. The first kappa shape index (κ1) is 18.2. The molecule has 1 aromatic carbocycles. The Bertz CT molecular complexity index is 691. The zero-order valence-electron chi connectivity index (χ0n) is 15.0. The standard InChI is InChI=1S/C19H25BrN2O3/c1-4-25-17-14(20)9-12(10-15(17)24-3)11-21-22-18(23)16-13-7-5-6-8-19(13,16)2/h9-11,13,16H,4-8H2,1-3H3,(H,22,23)/b21-11+. The van der Waals surface area contributed by atoms with Crippen molar-refractivity contribution < 1.29 is 14.3 Å². The zero-order chi connectivity index (χ0) is 18.0. The van der Waals surface area contributed by atoms with Gasteiger partial charge in [-0.1, -0.05) is 19.8 Å². The number of fused-ring (bicyclic) bond motifs is 1. The van der Waals surface area contributed by atoms with E-state index in [9.17, 15) is 4.79 Å². The van der Waals surface area contributed by atoms with Gasteiger partial charge in [-0.2, -0.15) is 5.10 Å². The largest absolute Gasteiger partial charge is 0.493 e. The van der Waals surface area contributed by atoms with E-state index in [-0.39, 0.29) is 17.2 Å². The average molecular weight is 409 g/mol. The second kappa shape index (κ2) is 7.36. The van der Waals surface area contributed by atoms with E-state index in [2.05, 4.69) is 33.4 Å². The number of hydrogen-bond acceptors (Lipinski definition) is 4. The first-order valence-corrected chi connectivity index (χ1v) is 9.63. The van der Waals surface area contributed by atoms with E-state index in [0.717, 1.165) is 16.5 Å². The lowest BCUT2D eigenvalue weighted by molar-refractivity contribution is -0.123. The van der Waals surface area contributed by atoms with Crippen LogP contribution in [0, 0.1) is 17.3 Å². The van der Waals surface area contributed by atoms with Crippen molar-refractivity contribution in [3.8, 4) is 11.5 Å². The van der Waals surface area contributed by atoms with Crippen molar-refractivity contribution >= 4 is 28.1 Å². The summed E-state index contributed by atoms with van der Waals surface area (Å²) in [7, 11) is 1.60. The predicted octanol–water partition coefficient (Wildman–Crippen LogP) is 4.13. The van der Waals surface area contributed by atoms with Gasteiger partial charge in [0.05, 0.1) is 24.4 Å². The highest BCUT2D eigenvalue weighted by Gasteiger charge is 2.64. The van der Waals surface area contributed by atoms with Crippen LogP contribution in [-0.4, -0.2) is 25.8 Å². The number of hydrogen-bond donors (Lipinski definition) is 1. The first-order chi connectivity index (χ1) is 12.0. The average Bonchev–Trinajstić information content (AvgIpc) is 3.22. The molecule has 2 saturated carbocycles. The van der Waals surface area contributed by atoms with Crippen LogP contribution in [-0.2, 0) is 4.79 Å². The van der Waals surface area contributed by atoms with Crippen LogP contribution in [0.2, 0.25) is 0 Å². The second-order valence-electron chi connectivity index (χ2n) is 7.04. The number of carbonyl (C=O) groups is 1. The van der Waals surface area contributed by atoms with E-state index in [4.69, 9.17) is 9.47 Å². The Labute approximate surface area is 157 Å². The van der Waals surface area contributed by atoms with E-state index < -0.39 is 0 Å². The fourth-order valence-electron chi connectivity index (χ4n) is 4.19. The van der Waals surface area contributed by atoms with Crippen molar-refractivity contribution in [2.45, 2.75) is 39.5 Å². The van der Waals surface area contributed by atoms with Crippen molar-refractivity contribution in [2.24, 2.45) is 22.4 Å². The Morgan fingerprint density at radius 2 is 2.28 bits per heavy atom. The van der Waals surface area contributed by atoms with Gasteiger partial charge in [0, 0.05) is 5.92 Å². The van der Waals surface area contributed by atoms with Crippen LogP contribution in [0.4, 0.5) is 0 Å². The number of nitrogens with zero attached hydrogens (tertiary/aromatic N) is 1. The van der Waals surface area contributed by atoms with Crippen LogP contribution in [0.5, 0.6) is 11.5 Å². The number of rotatable bonds is 6. The van der Waals surface area contributed by atoms with E-state index in [1.165, 1.54) is 19.3 Å². The molecule has 2 fully saturated rings. The van der Waals surface area contributed by atoms with Gasteiger partial charge in [-0.25, -0.2) is 5.43 Å². The van der Waals surface area contributed by atoms with Crippen LogP contribution < -0.4 is 14.9 Å². The van der Waals surface area contributed by atoms with Crippen LogP contribution >= 0.6 is 15.9 Å². The number of hydrazone groups is 1. The number of nitrogens with one attached hydrogen (secondary N) is 1. The molecule has 25 heavy (non-hydrogen) atoms. The van der Waals surface area contributed by atoms with Gasteiger partial charge in [0.1, 0.15) is 0 Å². The van der Waals surface area contributed by atoms with Gasteiger partial charge in [-0.05, 0) is 64.7 Å². The number of amides is 1. The molecule has 3 rings (SSSR count). The van der Waals surface area contributed by atoms with Gasteiger partial charge < -0.3 is 9.47 Å². The highest BCUT2D eigenvalue weighted by atomic mass is 79.9. The minimum absolute atomic E-state index is 0.0441. The monoisotopic (exact) mass is 408 g/mol. The molecule has 0 saturated heterocycles. The lowest BCUT2D eigenvalue weighted by Crippen LogP contribution is -2.22. The molecule has 0 radical (unpaired) electrons. The highest BCUT2D eigenvalue weighted by Crippen LogP contribution is 2.66. The summed E-state index contributed by atoms with van der Waals surface area (Å²) in [4.78, 5) is 12.4. The normalized spacial score (nSPS) is 27.7. The van der Waals surface area contributed by atoms with E-state index in [1.54, 1.807) is 13.3 Å². The summed E-state index contributed by atoms with van der Waals surface area (Å²) in [5.74, 6) is 2.00. The highest BCUT2D eigenvalue weighted by molar-refractivity contribution is 9.10. The van der Waals surface area contributed by atoms with Gasteiger partial charge in [0.2, 0.25) is 5.91 Å². The smallest absolute Gasteiger partial charge is 0.244 e.